The van der Waals surface area contributed by atoms with E-state index in [2.05, 4.69) is 0 Å². The van der Waals surface area contributed by atoms with Crippen LogP contribution in [0.15, 0.2) is 0 Å². The van der Waals surface area contributed by atoms with Gasteiger partial charge in [0.05, 0.1) is 5.92 Å². The Balaban J connectivity index is 3.64. The van der Waals surface area contributed by atoms with Crippen molar-refractivity contribution in [1.29, 1.82) is 0 Å². The van der Waals surface area contributed by atoms with E-state index >= 15 is 0 Å². The normalized spacial score (nSPS) is 15.5. The molecule has 0 saturated carbocycles. The smallest absolute Gasteiger partial charge is 0.306 e. The number of aliphatic carboxylic acids is 1. The fourth-order valence-corrected chi connectivity index (χ4v) is 0.965. The third-order valence-corrected chi connectivity index (χ3v) is 1.68. The van der Waals surface area contributed by atoms with E-state index in [1.165, 1.54) is 0 Å². The molecule has 0 aromatic carbocycles. The van der Waals surface area contributed by atoms with Crippen molar-refractivity contribution in [3.05, 3.63) is 0 Å². The van der Waals surface area contributed by atoms with Gasteiger partial charge in [-0.1, -0.05) is 13.8 Å². The summed E-state index contributed by atoms with van der Waals surface area (Å²) in [6, 6.07) is 0. The van der Waals surface area contributed by atoms with Crippen LogP contribution in [0, 0.1) is 11.8 Å². The molecule has 0 radical (unpaired) electrons. The predicted octanol–water partition coefficient (Wildman–Crippen LogP) is 1.32. The van der Waals surface area contributed by atoms with E-state index in [1.807, 2.05) is 6.92 Å². The summed E-state index contributed by atoms with van der Waals surface area (Å²) in [5, 5.41) is 8.51. The highest BCUT2D eigenvalue weighted by Crippen LogP contribution is 2.13. The Kier molecular flexibility index (Phi) is 4.50. The maximum absolute atomic E-state index is 10.4. The van der Waals surface area contributed by atoms with Crippen molar-refractivity contribution < 1.29 is 14.7 Å². The van der Waals surface area contributed by atoms with Crippen molar-refractivity contribution in [2.75, 3.05) is 0 Å². The summed E-state index contributed by atoms with van der Waals surface area (Å²) in [4.78, 5) is 20.4. The second kappa shape index (κ2) is 4.88. The van der Waals surface area contributed by atoms with E-state index in [0.29, 0.717) is 12.8 Å². The SMILES string of the molecule is C[C@H](CC=O)C[C@@H](C)C(=O)O. The third kappa shape index (κ3) is 4.53. The van der Waals surface area contributed by atoms with Gasteiger partial charge in [-0.25, -0.2) is 0 Å². The van der Waals surface area contributed by atoms with Crippen molar-refractivity contribution in [1.82, 2.24) is 0 Å². The maximum atomic E-state index is 10.4. The van der Waals surface area contributed by atoms with Crippen LogP contribution in [-0.4, -0.2) is 17.4 Å². The first-order chi connectivity index (χ1) is 5.07. The summed E-state index contributed by atoms with van der Waals surface area (Å²) < 4.78 is 0. The molecule has 0 heterocycles. The topological polar surface area (TPSA) is 54.4 Å². The van der Waals surface area contributed by atoms with Gasteiger partial charge in [-0.15, -0.1) is 0 Å². The van der Waals surface area contributed by atoms with Crippen LogP contribution in [0.25, 0.3) is 0 Å². The Morgan fingerprint density at radius 3 is 2.45 bits per heavy atom. The van der Waals surface area contributed by atoms with Crippen LogP contribution in [0.5, 0.6) is 0 Å². The molecule has 0 aliphatic heterocycles. The molecule has 0 bridgehead atoms. The van der Waals surface area contributed by atoms with Gasteiger partial charge in [0, 0.05) is 6.42 Å². The van der Waals surface area contributed by atoms with Gasteiger partial charge in [0.15, 0.2) is 0 Å². The first kappa shape index (κ1) is 10.1. The van der Waals surface area contributed by atoms with E-state index in [9.17, 15) is 9.59 Å². The van der Waals surface area contributed by atoms with Crippen LogP contribution < -0.4 is 0 Å². The van der Waals surface area contributed by atoms with Crippen LogP contribution in [0.2, 0.25) is 0 Å². The van der Waals surface area contributed by atoms with Gasteiger partial charge in [0.1, 0.15) is 6.29 Å². The first-order valence-electron chi connectivity index (χ1n) is 3.74. The molecule has 64 valence electrons. The monoisotopic (exact) mass is 158 g/mol. The Morgan fingerprint density at radius 2 is 2.09 bits per heavy atom. The third-order valence-electron chi connectivity index (χ3n) is 1.68. The van der Waals surface area contributed by atoms with E-state index in [4.69, 9.17) is 5.11 Å². The molecule has 0 unspecified atom stereocenters. The number of rotatable bonds is 5. The molecule has 0 rings (SSSR count). The molecule has 3 nitrogen and oxygen atoms in total. The highest BCUT2D eigenvalue weighted by molar-refractivity contribution is 5.69. The lowest BCUT2D eigenvalue weighted by Crippen LogP contribution is -2.13. The van der Waals surface area contributed by atoms with Crippen molar-refractivity contribution in [2.24, 2.45) is 11.8 Å². The number of carbonyl (C=O) groups is 2. The van der Waals surface area contributed by atoms with Gasteiger partial charge in [-0.05, 0) is 12.3 Å². The zero-order valence-electron chi connectivity index (χ0n) is 6.91. The second-order valence-electron chi connectivity index (χ2n) is 2.98. The lowest BCUT2D eigenvalue weighted by atomic mass is 9.95. The van der Waals surface area contributed by atoms with Crippen LogP contribution in [0.1, 0.15) is 26.7 Å². The van der Waals surface area contributed by atoms with Crippen molar-refractivity contribution >= 4 is 12.3 Å². The molecule has 0 spiro atoms. The molecule has 0 saturated heterocycles. The molecule has 0 amide bonds. The lowest BCUT2D eigenvalue weighted by molar-refractivity contribution is -0.141. The summed E-state index contributed by atoms with van der Waals surface area (Å²) in [5.41, 5.74) is 0. The van der Waals surface area contributed by atoms with E-state index in [0.717, 1.165) is 6.29 Å². The molecular weight excluding hydrogens is 144 g/mol. The fraction of sp³-hybridized carbons (Fsp3) is 0.750. The van der Waals surface area contributed by atoms with E-state index < -0.39 is 5.97 Å². The highest BCUT2D eigenvalue weighted by Gasteiger charge is 2.14. The number of carbonyl (C=O) groups excluding carboxylic acids is 1. The Morgan fingerprint density at radius 1 is 1.55 bits per heavy atom. The second-order valence-corrected chi connectivity index (χ2v) is 2.98. The van der Waals surface area contributed by atoms with Crippen LogP contribution in [0.4, 0.5) is 0 Å². The zero-order chi connectivity index (χ0) is 8.85. The first-order valence-corrected chi connectivity index (χ1v) is 3.74. The minimum absolute atomic E-state index is 0.179. The summed E-state index contributed by atoms with van der Waals surface area (Å²) >= 11 is 0. The minimum atomic E-state index is -0.789. The lowest BCUT2D eigenvalue weighted by Gasteiger charge is -2.10. The van der Waals surface area contributed by atoms with Crippen molar-refractivity contribution in [3.8, 4) is 0 Å². The number of hydrogen-bond acceptors (Lipinski definition) is 2. The average molecular weight is 158 g/mol. The Bertz CT molecular complexity index is 142. The summed E-state index contributed by atoms with van der Waals surface area (Å²) in [6.07, 6.45) is 1.87. The standard InChI is InChI=1S/C8H14O3/c1-6(3-4-9)5-7(2)8(10)11/h4,6-7H,3,5H2,1-2H3,(H,10,11)/t6-,7-/m1/s1. The molecule has 2 atom stereocenters. The molecule has 0 aromatic heterocycles. The molecule has 0 aromatic rings. The molecule has 0 fully saturated rings. The van der Waals surface area contributed by atoms with Gasteiger partial charge in [-0.2, -0.15) is 0 Å². The predicted molar refractivity (Wildman–Crippen MR) is 41.3 cm³/mol. The maximum Gasteiger partial charge on any atom is 0.306 e. The Labute approximate surface area is 66.4 Å². The quantitative estimate of drug-likeness (QED) is 0.614. The number of carboxylic acids is 1. The largest absolute Gasteiger partial charge is 0.481 e. The minimum Gasteiger partial charge on any atom is -0.481 e. The summed E-state index contributed by atoms with van der Waals surface area (Å²) in [7, 11) is 0. The van der Waals surface area contributed by atoms with Gasteiger partial charge < -0.3 is 9.90 Å². The molecule has 11 heavy (non-hydrogen) atoms. The number of aldehydes is 1. The molecular formula is C8H14O3. The summed E-state index contributed by atoms with van der Waals surface area (Å²) in [5.74, 6) is -0.953. The Hall–Kier alpha value is -0.860. The van der Waals surface area contributed by atoms with Crippen LogP contribution >= 0.6 is 0 Å². The van der Waals surface area contributed by atoms with Gasteiger partial charge in [-0.3, -0.25) is 4.79 Å². The molecule has 3 heteroatoms. The van der Waals surface area contributed by atoms with Crippen molar-refractivity contribution in [2.45, 2.75) is 26.7 Å². The zero-order valence-corrected chi connectivity index (χ0v) is 6.91. The van der Waals surface area contributed by atoms with Gasteiger partial charge in [0.2, 0.25) is 0 Å². The number of hydrogen-bond donors (Lipinski definition) is 1. The van der Waals surface area contributed by atoms with Crippen LogP contribution in [0.3, 0.4) is 0 Å². The number of carboxylic acid groups (broad SMARTS) is 1. The van der Waals surface area contributed by atoms with Crippen molar-refractivity contribution in [3.63, 3.8) is 0 Å². The van der Waals surface area contributed by atoms with Gasteiger partial charge >= 0.3 is 5.97 Å². The molecule has 0 aliphatic carbocycles. The van der Waals surface area contributed by atoms with Gasteiger partial charge in [0.25, 0.3) is 0 Å². The summed E-state index contributed by atoms with van der Waals surface area (Å²) in [6.45, 7) is 3.54. The fourth-order valence-electron chi connectivity index (χ4n) is 0.965. The molecule has 0 aliphatic rings. The average Bonchev–Trinajstić information content (AvgIpc) is 1.87. The van der Waals surface area contributed by atoms with E-state index in [1.54, 1.807) is 6.92 Å². The van der Waals surface area contributed by atoms with Crippen LogP contribution in [-0.2, 0) is 9.59 Å². The highest BCUT2D eigenvalue weighted by atomic mass is 16.4. The van der Waals surface area contributed by atoms with E-state index in [-0.39, 0.29) is 11.8 Å². The molecule has 1 N–H and O–H groups in total.